The normalized spacial score (nSPS) is 10.6. The van der Waals surface area contributed by atoms with E-state index in [0.29, 0.717) is 11.6 Å². The molecule has 104 valence electrons. The summed E-state index contributed by atoms with van der Waals surface area (Å²) in [5.74, 6) is 1.06. The average Bonchev–Trinajstić information content (AvgIpc) is 2.51. The van der Waals surface area contributed by atoms with Crippen LogP contribution in [0.15, 0.2) is 53.3 Å². The molecule has 0 fully saturated rings. The SMILES string of the molecule is Cc1c(N)nc(-c2cncc(Br)c2)nc1-c1ccccc1. The van der Waals surface area contributed by atoms with Gasteiger partial charge >= 0.3 is 0 Å². The Labute approximate surface area is 131 Å². The fourth-order valence-corrected chi connectivity index (χ4v) is 2.44. The minimum atomic E-state index is 0.485. The molecule has 0 aliphatic heterocycles. The molecular formula is C16H13BrN4. The van der Waals surface area contributed by atoms with E-state index in [1.54, 1.807) is 12.4 Å². The molecule has 0 saturated carbocycles. The maximum atomic E-state index is 6.05. The smallest absolute Gasteiger partial charge is 0.163 e. The van der Waals surface area contributed by atoms with Gasteiger partial charge in [-0.05, 0) is 28.9 Å². The third kappa shape index (κ3) is 2.78. The number of rotatable bonds is 2. The summed E-state index contributed by atoms with van der Waals surface area (Å²) in [4.78, 5) is 13.2. The number of aromatic nitrogens is 3. The molecule has 5 heteroatoms. The molecule has 0 spiro atoms. The summed E-state index contributed by atoms with van der Waals surface area (Å²) < 4.78 is 0.879. The molecule has 0 radical (unpaired) electrons. The Morgan fingerprint density at radius 3 is 2.48 bits per heavy atom. The van der Waals surface area contributed by atoms with E-state index in [2.05, 4.69) is 30.9 Å². The number of nitrogens with zero attached hydrogens (tertiary/aromatic N) is 3. The zero-order valence-electron chi connectivity index (χ0n) is 11.4. The van der Waals surface area contributed by atoms with Gasteiger partial charge in [0.15, 0.2) is 5.82 Å². The molecule has 2 heterocycles. The summed E-state index contributed by atoms with van der Waals surface area (Å²) in [6.07, 6.45) is 3.45. The molecule has 2 aromatic heterocycles. The van der Waals surface area contributed by atoms with E-state index >= 15 is 0 Å². The molecule has 3 aromatic rings. The van der Waals surface area contributed by atoms with Crippen molar-refractivity contribution in [3.05, 3.63) is 58.8 Å². The highest BCUT2D eigenvalue weighted by Crippen LogP contribution is 2.28. The van der Waals surface area contributed by atoms with Crippen molar-refractivity contribution < 1.29 is 0 Å². The Kier molecular flexibility index (Phi) is 3.66. The average molecular weight is 341 g/mol. The second-order valence-electron chi connectivity index (χ2n) is 4.66. The van der Waals surface area contributed by atoms with Crippen molar-refractivity contribution in [2.24, 2.45) is 0 Å². The van der Waals surface area contributed by atoms with Crippen LogP contribution in [-0.2, 0) is 0 Å². The van der Waals surface area contributed by atoms with Crippen molar-refractivity contribution in [2.45, 2.75) is 6.92 Å². The Hall–Kier alpha value is -2.27. The fraction of sp³-hybridized carbons (Fsp3) is 0.0625. The molecule has 4 nitrogen and oxygen atoms in total. The van der Waals surface area contributed by atoms with Crippen molar-refractivity contribution in [3.8, 4) is 22.6 Å². The number of benzene rings is 1. The first-order chi connectivity index (χ1) is 10.1. The van der Waals surface area contributed by atoms with Gasteiger partial charge in [-0.2, -0.15) is 0 Å². The quantitative estimate of drug-likeness (QED) is 0.769. The topological polar surface area (TPSA) is 64.7 Å². The van der Waals surface area contributed by atoms with E-state index in [1.807, 2.05) is 43.3 Å². The molecule has 0 amide bonds. The first kappa shape index (κ1) is 13.7. The van der Waals surface area contributed by atoms with Gasteiger partial charge in [0.2, 0.25) is 0 Å². The summed E-state index contributed by atoms with van der Waals surface area (Å²) in [5.41, 5.74) is 9.63. The second-order valence-corrected chi connectivity index (χ2v) is 5.58. The van der Waals surface area contributed by atoms with Gasteiger partial charge < -0.3 is 5.73 Å². The number of anilines is 1. The van der Waals surface area contributed by atoms with Crippen LogP contribution in [0.25, 0.3) is 22.6 Å². The Balaban J connectivity index is 2.19. The van der Waals surface area contributed by atoms with Crippen molar-refractivity contribution >= 4 is 21.7 Å². The van der Waals surface area contributed by atoms with Crippen LogP contribution in [0.5, 0.6) is 0 Å². The van der Waals surface area contributed by atoms with E-state index in [1.165, 1.54) is 0 Å². The van der Waals surface area contributed by atoms with Gasteiger partial charge in [0.1, 0.15) is 5.82 Å². The standard InChI is InChI=1S/C16H13BrN4/c1-10-14(11-5-3-2-4-6-11)20-16(21-15(10)18)12-7-13(17)9-19-8-12/h2-9H,1H3,(H2,18,20,21). The van der Waals surface area contributed by atoms with Gasteiger partial charge in [0, 0.05) is 33.6 Å². The Morgan fingerprint density at radius 1 is 1.00 bits per heavy atom. The lowest BCUT2D eigenvalue weighted by Crippen LogP contribution is -2.02. The second kappa shape index (κ2) is 5.61. The molecule has 1 aromatic carbocycles. The van der Waals surface area contributed by atoms with Crippen molar-refractivity contribution in [1.29, 1.82) is 0 Å². The van der Waals surface area contributed by atoms with Crippen LogP contribution in [0.1, 0.15) is 5.56 Å². The van der Waals surface area contributed by atoms with Crippen LogP contribution in [0.4, 0.5) is 5.82 Å². The zero-order chi connectivity index (χ0) is 14.8. The van der Waals surface area contributed by atoms with Gasteiger partial charge in [-0.1, -0.05) is 30.3 Å². The maximum Gasteiger partial charge on any atom is 0.163 e. The van der Waals surface area contributed by atoms with Gasteiger partial charge in [0.25, 0.3) is 0 Å². The van der Waals surface area contributed by atoms with E-state index in [-0.39, 0.29) is 0 Å². The maximum absolute atomic E-state index is 6.05. The summed E-state index contributed by atoms with van der Waals surface area (Å²) >= 11 is 3.41. The molecule has 21 heavy (non-hydrogen) atoms. The fourth-order valence-electron chi connectivity index (χ4n) is 2.07. The predicted molar refractivity (Wildman–Crippen MR) is 87.5 cm³/mol. The molecular weight excluding hydrogens is 328 g/mol. The molecule has 0 aliphatic rings. The molecule has 3 rings (SSSR count). The largest absolute Gasteiger partial charge is 0.383 e. The van der Waals surface area contributed by atoms with E-state index in [0.717, 1.165) is 26.9 Å². The highest BCUT2D eigenvalue weighted by molar-refractivity contribution is 9.10. The highest BCUT2D eigenvalue weighted by Gasteiger charge is 2.12. The van der Waals surface area contributed by atoms with Crippen molar-refractivity contribution in [3.63, 3.8) is 0 Å². The summed E-state index contributed by atoms with van der Waals surface area (Å²) in [6.45, 7) is 1.93. The third-order valence-electron chi connectivity index (χ3n) is 3.19. The zero-order valence-corrected chi connectivity index (χ0v) is 13.0. The highest BCUT2D eigenvalue weighted by atomic mass is 79.9. The number of halogens is 1. The summed E-state index contributed by atoms with van der Waals surface area (Å²) in [5, 5.41) is 0. The van der Waals surface area contributed by atoms with Crippen molar-refractivity contribution in [2.75, 3.05) is 5.73 Å². The molecule has 2 N–H and O–H groups in total. The number of hydrogen-bond acceptors (Lipinski definition) is 4. The van der Waals surface area contributed by atoms with Crippen LogP contribution in [0, 0.1) is 6.92 Å². The predicted octanol–water partition coefficient (Wildman–Crippen LogP) is 3.86. The molecule has 0 unspecified atom stereocenters. The van der Waals surface area contributed by atoms with Gasteiger partial charge in [-0.15, -0.1) is 0 Å². The first-order valence-electron chi connectivity index (χ1n) is 6.45. The number of pyridine rings is 1. The minimum Gasteiger partial charge on any atom is -0.383 e. The lowest BCUT2D eigenvalue weighted by Gasteiger charge is -2.10. The number of nitrogens with two attached hydrogens (primary N) is 1. The number of hydrogen-bond donors (Lipinski definition) is 1. The van der Waals surface area contributed by atoms with E-state index in [4.69, 9.17) is 5.73 Å². The van der Waals surface area contributed by atoms with Crippen LogP contribution < -0.4 is 5.73 Å². The third-order valence-corrected chi connectivity index (χ3v) is 3.63. The lowest BCUT2D eigenvalue weighted by atomic mass is 10.1. The lowest BCUT2D eigenvalue weighted by molar-refractivity contribution is 1.14. The number of nitrogen functional groups attached to an aromatic ring is 1. The Morgan fingerprint density at radius 2 is 1.76 bits per heavy atom. The van der Waals surface area contributed by atoms with E-state index < -0.39 is 0 Å². The van der Waals surface area contributed by atoms with Crippen molar-refractivity contribution in [1.82, 2.24) is 15.0 Å². The van der Waals surface area contributed by atoms with Crippen LogP contribution in [-0.4, -0.2) is 15.0 Å². The van der Waals surface area contributed by atoms with Gasteiger partial charge in [-0.3, -0.25) is 4.98 Å². The molecule has 0 saturated heterocycles. The molecule has 0 bridgehead atoms. The summed E-state index contributed by atoms with van der Waals surface area (Å²) in [7, 11) is 0. The van der Waals surface area contributed by atoms with Gasteiger partial charge in [-0.25, -0.2) is 9.97 Å². The first-order valence-corrected chi connectivity index (χ1v) is 7.25. The Bertz CT molecular complexity index is 788. The molecule has 0 aliphatic carbocycles. The van der Waals surface area contributed by atoms with Crippen LogP contribution in [0.2, 0.25) is 0 Å². The monoisotopic (exact) mass is 340 g/mol. The van der Waals surface area contributed by atoms with Gasteiger partial charge in [0.05, 0.1) is 5.69 Å². The summed E-state index contributed by atoms with van der Waals surface area (Å²) in [6, 6.07) is 11.9. The van der Waals surface area contributed by atoms with Crippen LogP contribution >= 0.6 is 15.9 Å². The van der Waals surface area contributed by atoms with E-state index in [9.17, 15) is 0 Å². The minimum absolute atomic E-state index is 0.485. The van der Waals surface area contributed by atoms with Crippen LogP contribution in [0.3, 0.4) is 0 Å². The molecule has 0 atom stereocenters.